The molecule has 2 rings (SSSR count). The molecule has 0 saturated carbocycles. The zero-order valence-electron chi connectivity index (χ0n) is 9.23. The summed E-state index contributed by atoms with van der Waals surface area (Å²) in [7, 11) is 0. The van der Waals surface area contributed by atoms with Crippen LogP contribution in [0, 0.1) is 0 Å². The van der Waals surface area contributed by atoms with Gasteiger partial charge in [0.15, 0.2) is 0 Å². The minimum atomic E-state index is -0.242. The van der Waals surface area contributed by atoms with Crippen LogP contribution in [0.3, 0.4) is 0 Å². The second kappa shape index (κ2) is 4.67. The normalized spacial score (nSPS) is 23.4. The molecule has 1 unspecified atom stereocenters. The predicted molar refractivity (Wildman–Crippen MR) is 70.2 cm³/mol. The van der Waals surface area contributed by atoms with Crippen molar-refractivity contribution < 1.29 is 0 Å². The van der Waals surface area contributed by atoms with Crippen LogP contribution in [0.15, 0.2) is 53.6 Å². The zero-order chi connectivity index (χ0) is 11.4. The number of hydrogen-bond acceptors (Lipinski definition) is 1. The van der Waals surface area contributed by atoms with Gasteiger partial charge in [0.05, 0.1) is 0 Å². The van der Waals surface area contributed by atoms with Gasteiger partial charge in [-0.3, -0.25) is 4.99 Å². The van der Waals surface area contributed by atoms with E-state index in [0.29, 0.717) is 0 Å². The Kier molecular flexibility index (Phi) is 3.25. The molecule has 0 bridgehead atoms. The second-order valence-corrected chi connectivity index (χ2v) is 4.24. The molecule has 0 radical (unpaired) electrons. The summed E-state index contributed by atoms with van der Waals surface area (Å²) < 4.78 is 0. The highest BCUT2D eigenvalue weighted by Crippen LogP contribution is 2.32. The Morgan fingerprint density at radius 2 is 1.88 bits per heavy atom. The molecule has 1 aromatic carbocycles. The minimum absolute atomic E-state index is 0.242. The summed E-state index contributed by atoms with van der Waals surface area (Å²) >= 11 is 5.90. The summed E-state index contributed by atoms with van der Waals surface area (Å²) in [5.41, 5.74) is 0.935. The van der Waals surface area contributed by atoms with Crippen LogP contribution in [0.5, 0.6) is 0 Å². The van der Waals surface area contributed by atoms with Gasteiger partial charge in [-0.05, 0) is 30.2 Å². The number of rotatable bonds is 2. The molecule has 0 aliphatic carbocycles. The topological polar surface area (TPSA) is 12.4 Å². The van der Waals surface area contributed by atoms with E-state index in [2.05, 4.69) is 18.0 Å². The number of allylic oxidation sites excluding steroid dienone is 3. The van der Waals surface area contributed by atoms with Gasteiger partial charge in [0.2, 0.25) is 0 Å². The highest BCUT2D eigenvalue weighted by atomic mass is 35.5. The van der Waals surface area contributed by atoms with Crippen LogP contribution in [0.25, 0.3) is 0 Å². The Labute approximate surface area is 101 Å². The van der Waals surface area contributed by atoms with Gasteiger partial charge in [-0.1, -0.05) is 48.9 Å². The molecule has 0 spiro atoms. The monoisotopic (exact) mass is 231 g/mol. The Morgan fingerprint density at radius 1 is 1.12 bits per heavy atom. The largest absolute Gasteiger partial charge is 0.278 e. The van der Waals surface area contributed by atoms with Crippen molar-refractivity contribution in [3.63, 3.8) is 0 Å². The molecule has 82 valence electrons. The number of halogens is 1. The molecule has 1 aromatic rings. The molecule has 1 atom stereocenters. The Bertz CT molecular complexity index is 424. The minimum Gasteiger partial charge on any atom is -0.278 e. The van der Waals surface area contributed by atoms with Crippen molar-refractivity contribution >= 4 is 17.8 Å². The van der Waals surface area contributed by atoms with E-state index in [-0.39, 0.29) is 5.54 Å². The summed E-state index contributed by atoms with van der Waals surface area (Å²) in [5.74, 6) is 0. The third kappa shape index (κ3) is 2.10. The molecule has 1 heterocycles. The van der Waals surface area contributed by atoms with E-state index in [1.807, 2.05) is 48.7 Å². The van der Waals surface area contributed by atoms with Crippen molar-refractivity contribution in [1.29, 1.82) is 0 Å². The zero-order valence-corrected chi connectivity index (χ0v) is 9.98. The first kappa shape index (κ1) is 11.2. The second-order valence-electron chi connectivity index (χ2n) is 3.81. The van der Waals surface area contributed by atoms with E-state index < -0.39 is 0 Å². The molecule has 16 heavy (non-hydrogen) atoms. The van der Waals surface area contributed by atoms with E-state index in [4.69, 9.17) is 11.6 Å². The SMILES string of the molecule is CCC1(c2ccc(Cl)cc2)C=CC=CC=N1. The van der Waals surface area contributed by atoms with Gasteiger partial charge in [-0.2, -0.15) is 0 Å². The molecule has 0 amide bonds. The number of aliphatic imine (C=N–C) groups is 1. The maximum Gasteiger partial charge on any atom is 0.104 e. The third-order valence-corrected chi connectivity index (χ3v) is 3.12. The number of hydrogen-bond donors (Lipinski definition) is 0. The first-order valence-electron chi connectivity index (χ1n) is 5.42. The molecular weight excluding hydrogens is 218 g/mol. The molecule has 0 N–H and O–H groups in total. The fraction of sp³-hybridized carbons (Fsp3) is 0.214. The van der Waals surface area contributed by atoms with Crippen LogP contribution in [0.1, 0.15) is 18.9 Å². The van der Waals surface area contributed by atoms with Crippen LogP contribution in [-0.4, -0.2) is 6.21 Å². The maximum absolute atomic E-state index is 5.90. The van der Waals surface area contributed by atoms with Gasteiger partial charge in [0, 0.05) is 11.2 Å². The van der Waals surface area contributed by atoms with Crippen molar-refractivity contribution in [2.75, 3.05) is 0 Å². The van der Waals surface area contributed by atoms with Gasteiger partial charge in [-0.25, -0.2) is 0 Å². The van der Waals surface area contributed by atoms with Gasteiger partial charge < -0.3 is 0 Å². The summed E-state index contributed by atoms with van der Waals surface area (Å²) in [6.45, 7) is 2.14. The summed E-state index contributed by atoms with van der Waals surface area (Å²) in [6.07, 6.45) is 10.9. The van der Waals surface area contributed by atoms with Crippen molar-refractivity contribution in [3.05, 3.63) is 59.2 Å². The van der Waals surface area contributed by atoms with E-state index in [9.17, 15) is 0 Å². The molecule has 0 aromatic heterocycles. The maximum atomic E-state index is 5.90. The predicted octanol–water partition coefficient (Wildman–Crippen LogP) is 4.14. The Morgan fingerprint density at radius 3 is 2.56 bits per heavy atom. The van der Waals surface area contributed by atoms with Crippen molar-refractivity contribution in [1.82, 2.24) is 0 Å². The Balaban J connectivity index is 2.45. The molecule has 1 aliphatic heterocycles. The standard InChI is InChI=1S/C14H14ClN/c1-2-14(10-4-3-5-11-16-14)12-6-8-13(15)9-7-12/h3-11H,2H2,1H3. The summed E-state index contributed by atoms with van der Waals surface area (Å²) in [5, 5.41) is 0.759. The van der Waals surface area contributed by atoms with Gasteiger partial charge in [-0.15, -0.1) is 0 Å². The molecular formula is C14H14ClN. The van der Waals surface area contributed by atoms with Crippen LogP contribution in [0.2, 0.25) is 5.02 Å². The lowest BCUT2D eigenvalue weighted by Gasteiger charge is -2.25. The first-order valence-corrected chi connectivity index (χ1v) is 5.80. The lowest BCUT2D eigenvalue weighted by molar-refractivity contribution is 0.548. The Hall–Kier alpha value is -1.34. The van der Waals surface area contributed by atoms with Crippen LogP contribution >= 0.6 is 11.6 Å². The number of benzene rings is 1. The lowest BCUT2D eigenvalue weighted by Crippen LogP contribution is -2.19. The highest BCUT2D eigenvalue weighted by molar-refractivity contribution is 6.30. The van der Waals surface area contributed by atoms with Gasteiger partial charge in [0.1, 0.15) is 5.54 Å². The van der Waals surface area contributed by atoms with Crippen molar-refractivity contribution in [2.45, 2.75) is 18.9 Å². The third-order valence-electron chi connectivity index (χ3n) is 2.87. The van der Waals surface area contributed by atoms with Crippen LogP contribution < -0.4 is 0 Å². The van der Waals surface area contributed by atoms with E-state index >= 15 is 0 Å². The lowest BCUT2D eigenvalue weighted by atomic mass is 9.87. The van der Waals surface area contributed by atoms with E-state index in [1.54, 1.807) is 0 Å². The van der Waals surface area contributed by atoms with Gasteiger partial charge >= 0.3 is 0 Å². The average molecular weight is 232 g/mol. The molecule has 1 nitrogen and oxygen atoms in total. The highest BCUT2D eigenvalue weighted by Gasteiger charge is 2.25. The van der Waals surface area contributed by atoms with Crippen LogP contribution in [0.4, 0.5) is 0 Å². The first-order chi connectivity index (χ1) is 7.77. The van der Waals surface area contributed by atoms with Crippen molar-refractivity contribution in [2.24, 2.45) is 4.99 Å². The van der Waals surface area contributed by atoms with E-state index in [1.165, 1.54) is 5.56 Å². The number of nitrogens with zero attached hydrogens (tertiary/aromatic N) is 1. The summed E-state index contributed by atoms with van der Waals surface area (Å²) in [4.78, 5) is 4.63. The molecule has 2 heteroatoms. The average Bonchev–Trinajstić information content (AvgIpc) is 2.56. The fourth-order valence-electron chi connectivity index (χ4n) is 1.87. The van der Waals surface area contributed by atoms with Crippen LogP contribution in [-0.2, 0) is 5.54 Å². The molecule has 0 fully saturated rings. The quantitative estimate of drug-likeness (QED) is 0.726. The summed E-state index contributed by atoms with van der Waals surface area (Å²) in [6, 6.07) is 7.91. The molecule has 1 aliphatic rings. The van der Waals surface area contributed by atoms with E-state index in [0.717, 1.165) is 11.4 Å². The van der Waals surface area contributed by atoms with Crippen molar-refractivity contribution in [3.8, 4) is 0 Å². The molecule has 0 saturated heterocycles. The smallest absolute Gasteiger partial charge is 0.104 e. The van der Waals surface area contributed by atoms with Gasteiger partial charge in [0.25, 0.3) is 0 Å². The fourth-order valence-corrected chi connectivity index (χ4v) is 2.00.